The van der Waals surface area contributed by atoms with Crippen LogP contribution in [0.2, 0.25) is 0 Å². The van der Waals surface area contributed by atoms with Crippen molar-refractivity contribution < 1.29 is 0 Å². The quantitative estimate of drug-likeness (QED) is 0.750. The van der Waals surface area contributed by atoms with Gasteiger partial charge in [0, 0.05) is 35.7 Å². The van der Waals surface area contributed by atoms with Crippen LogP contribution in [0.3, 0.4) is 0 Å². The highest BCUT2D eigenvalue weighted by atomic mass is 35.5. The van der Waals surface area contributed by atoms with Crippen LogP contribution in [0.5, 0.6) is 0 Å². The largest absolute Gasteiger partial charge is 0.368 e. The molecule has 2 rings (SSSR count). The summed E-state index contributed by atoms with van der Waals surface area (Å²) >= 11 is 5.99. The SMILES string of the molecule is CCC1CCCN1c1cc(C)ncc1CCl. The van der Waals surface area contributed by atoms with Crippen molar-refractivity contribution in [1.29, 1.82) is 0 Å². The van der Waals surface area contributed by atoms with Gasteiger partial charge in [0.05, 0.1) is 5.88 Å². The van der Waals surface area contributed by atoms with Crippen LogP contribution in [0.4, 0.5) is 5.69 Å². The maximum atomic E-state index is 5.99. The van der Waals surface area contributed by atoms with E-state index in [9.17, 15) is 0 Å². The summed E-state index contributed by atoms with van der Waals surface area (Å²) in [6.07, 6.45) is 5.73. The lowest BCUT2D eigenvalue weighted by molar-refractivity contribution is 0.644. The Morgan fingerprint density at radius 3 is 3.06 bits per heavy atom. The molecule has 2 nitrogen and oxygen atoms in total. The maximum absolute atomic E-state index is 5.99. The van der Waals surface area contributed by atoms with Gasteiger partial charge in [0.25, 0.3) is 0 Å². The Kier molecular flexibility index (Phi) is 3.70. The first kappa shape index (κ1) is 11.7. The Labute approximate surface area is 103 Å². The van der Waals surface area contributed by atoms with Crippen LogP contribution in [0.25, 0.3) is 0 Å². The molecule has 1 aliphatic heterocycles. The monoisotopic (exact) mass is 238 g/mol. The third-order valence-electron chi connectivity index (χ3n) is 3.40. The number of pyridine rings is 1. The Hall–Kier alpha value is -0.760. The van der Waals surface area contributed by atoms with E-state index >= 15 is 0 Å². The van der Waals surface area contributed by atoms with Crippen LogP contribution in [0, 0.1) is 6.92 Å². The van der Waals surface area contributed by atoms with Crippen molar-refractivity contribution in [1.82, 2.24) is 4.98 Å². The Bertz CT molecular complexity index is 365. The second-order valence-corrected chi connectivity index (χ2v) is 4.75. The number of aryl methyl sites for hydroxylation is 1. The summed E-state index contributed by atoms with van der Waals surface area (Å²) in [4.78, 5) is 6.83. The first-order valence-electron chi connectivity index (χ1n) is 6.04. The van der Waals surface area contributed by atoms with Gasteiger partial charge in [-0.05, 0) is 32.3 Å². The van der Waals surface area contributed by atoms with Crippen molar-refractivity contribution in [3.8, 4) is 0 Å². The summed E-state index contributed by atoms with van der Waals surface area (Å²) in [7, 11) is 0. The molecule has 0 aliphatic carbocycles. The van der Waals surface area contributed by atoms with Gasteiger partial charge in [0.1, 0.15) is 0 Å². The molecule has 1 aromatic rings. The third kappa shape index (κ3) is 2.17. The highest BCUT2D eigenvalue weighted by molar-refractivity contribution is 6.17. The van der Waals surface area contributed by atoms with Gasteiger partial charge < -0.3 is 4.90 Å². The van der Waals surface area contributed by atoms with E-state index in [1.165, 1.54) is 24.9 Å². The number of anilines is 1. The van der Waals surface area contributed by atoms with E-state index in [1.807, 2.05) is 13.1 Å². The van der Waals surface area contributed by atoms with Crippen molar-refractivity contribution in [2.75, 3.05) is 11.4 Å². The summed E-state index contributed by atoms with van der Waals surface area (Å²) in [5.74, 6) is 0.551. The van der Waals surface area contributed by atoms with Crippen LogP contribution in [0.15, 0.2) is 12.3 Å². The first-order chi connectivity index (χ1) is 7.76. The Morgan fingerprint density at radius 2 is 2.38 bits per heavy atom. The normalized spacial score (nSPS) is 20.4. The van der Waals surface area contributed by atoms with E-state index < -0.39 is 0 Å². The van der Waals surface area contributed by atoms with Gasteiger partial charge in [-0.15, -0.1) is 11.6 Å². The van der Waals surface area contributed by atoms with Gasteiger partial charge >= 0.3 is 0 Å². The molecule has 0 bridgehead atoms. The lowest BCUT2D eigenvalue weighted by Gasteiger charge is -2.28. The van der Waals surface area contributed by atoms with Gasteiger partial charge in [-0.3, -0.25) is 4.98 Å². The fourth-order valence-corrected chi connectivity index (χ4v) is 2.73. The molecule has 0 saturated carbocycles. The van der Waals surface area contributed by atoms with Crippen LogP contribution in [-0.4, -0.2) is 17.6 Å². The van der Waals surface area contributed by atoms with E-state index in [1.54, 1.807) is 0 Å². The molecular formula is C13H19ClN2. The predicted octanol–water partition coefficient (Wildman–Crippen LogP) is 3.51. The zero-order chi connectivity index (χ0) is 11.5. The second kappa shape index (κ2) is 5.05. The van der Waals surface area contributed by atoms with Gasteiger partial charge in [-0.2, -0.15) is 0 Å². The topological polar surface area (TPSA) is 16.1 Å². The Morgan fingerprint density at radius 1 is 1.56 bits per heavy atom. The fourth-order valence-electron chi connectivity index (χ4n) is 2.52. The number of rotatable bonds is 3. The molecule has 1 saturated heterocycles. The minimum Gasteiger partial charge on any atom is -0.368 e. The molecule has 0 spiro atoms. The summed E-state index contributed by atoms with van der Waals surface area (Å²) in [5, 5.41) is 0. The van der Waals surface area contributed by atoms with Crippen LogP contribution >= 0.6 is 11.6 Å². The molecule has 3 heteroatoms. The minimum atomic E-state index is 0.551. The average Bonchev–Trinajstić information content (AvgIpc) is 2.76. The van der Waals surface area contributed by atoms with E-state index in [-0.39, 0.29) is 0 Å². The van der Waals surface area contributed by atoms with Crippen molar-refractivity contribution >= 4 is 17.3 Å². The number of nitrogens with zero attached hydrogens (tertiary/aromatic N) is 2. The minimum absolute atomic E-state index is 0.551. The molecule has 0 aromatic carbocycles. The first-order valence-corrected chi connectivity index (χ1v) is 6.57. The lowest BCUT2D eigenvalue weighted by atomic mass is 10.1. The molecule has 0 N–H and O–H groups in total. The predicted molar refractivity (Wildman–Crippen MR) is 69.2 cm³/mol. The third-order valence-corrected chi connectivity index (χ3v) is 3.69. The molecule has 0 amide bonds. The fraction of sp³-hybridized carbons (Fsp3) is 0.615. The molecule has 16 heavy (non-hydrogen) atoms. The van der Waals surface area contributed by atoms with Gasteiger partial charge in [-0.1, -0.05) is 6.92 Å². The van der Waals surface area contributed by atoms with Crippen molar-refractivity contribution in [3.05, 3.63) is 23.5 Å². The number of aromatic nitrogens is 1. The Balaban J connectivity index is 2.34. The second-order valence-electron chi connectivity index (χ2n) is 4.49. The molecule has 1 aliphatic rings. The van der Waals surface area contributed by atoms with Crippen molar-refractivity contribution in [2.45, 2.75) is 45.0 Å². The molecule has 1 unspecified atom stereocenters. The lowest BCUT2D eigenvalue weighted by Crippen LogP contribution is -2.29. The summed E-state index contributed by atoms with van der Waals surface area (Å²) in [6, 6.07) is 2.86. The van der Waals surface area contributed by atoms with E-state index in [2.05, 4.69) is 22.9 Å². The number of halogens is 1. The number of hydrogen-bond acceptors (Lipinski definition) is 2. The smallest absolute Gasteiger partial charge is 0.0509 e. The maximum Gasteiger partial charge on any atom is 0.0509 e. The molecular weight excluding hydrogens is 220 g/mol. The van der Waals surface area contributed by atoms with E-state index in [0.717, 1.165) is 17.8 Å². The summed E-state index contributed by atoms with van der Waals surface area (Å²) < 4.78 is 0. The van der Waals surface area contributed by atoms with Gasteiger partial charge in [0.2, 0.25) is 0 Å². The summed E-state index contributed by atoms with van der Waals surface area (Å²) in [6.45, 7) is 5.46. The molecule has 2 heterocycles. The van der Waals surface area contributed by atoms with E-state index in [0.29, 0.717) is 11.9 Å². The molecule has 1 aromatic heterocycles. The van der Waals surface area contributed by atoms with Gasteiger partial charge in [0.15, 0.2) is 0 Å². The molecule has 1 fully saturated rings. The van der Waals surface area contributed by atoms with Crippen LogP contribution in [0.1, 0.15) is 37.4 Å². The van der Waals surface area contributed by atoms with Crippen LogP contribution < -0.4 is 4.90 Å². The summed E-state index contributed by atoms with van der Waals surface area (Å²) in [5.41, 5.74) is 3.53. The van der Waals surface area contributed by atoms with Crippen LogP contribution in [-0.2, 0) is 5.88 Å². The van der Waals surface area contributed by atoms with E-state index in [4.69, 9.17) is 11.6 Å². The highest BCUT2D eigenvalue weighted by Crippen LogP contribution is 2.30. The highest BCUT2D eigenvalue weighted by Gasteiger charge is 2.24. The van der Waals surface area contributed by atoms with Crippen molar-refractivity contribution in [3.63, 3.8) is 0 Å². The molecule has 0 radical (unpaired) electrons. The molecule has 1 atom stereocenters. The molecule has 88 valence electrons. The van der Waals surface area contributed by atoms with Crippen molar-refractivity contribution in [2.24, 2.45) is 0 Å². The number of hydrogen-bond donors (Lipinski definition) is 0. The zero-order valence-electron chi connectivity index (χ0n) is 10.0. The standard InChI is InChI=1S/C13H19ClN2/c1-3-12-5-4-6-16(12)13-7-10(2)15-9-11(13)8-14/h7,9,12H,3-6,8H2,1-2H3. The van der Waals surface area contributed by atoms with Gasteiger partial charge in [-0.25, -0.2) is 0 Å². The number of alkyl halides is 1. The average molecular weight is 239 g/mol. The zero-order valence-corrected chi connectivity index (χ0v) is 10.8.